The lowest BCUT2D eigenvalue weighted by molar-refractivity contribution is 0.0756. The van der Waals surface area contributed by atoms with Gasteiger partial charge in [-0.15, -0.1) is 0 Å². The van der Waals surface area contributed by atoms with Crippen LogP contribution in [0.4, 0.5) is 0 Å². The topological polar surface area (TPSA) is 75.4 Å². The Morgan fingerprint density at radius 1 is 1.56 bits per heavy atom. The van der Waals surface area contributed by atoms with E-state index in [9.17, 15) is 14.7 Å². The lowest BCUT2D eigenvalue weighted by Gasteiger charge is -2.14. The van der Waals surface area contributed by atoms with Crippen LogP contribution >= 0.6 is 0 Å². The first-order chi connectivity index (χ1) is 7.58. The van der Waals surface area contributed by atoms with Crippen LogP contribution < -0.4 is 5.56 Å². The predicted octanol–water partition coefficient (Wildman–Crippen LogP) is -1.01. The molecule has 1 atom stereocenters. The molecule has 0 spiro atoms. The first kappa shape index (κ1) is 10.8. The molecule has 1 aliphatic heterocycles. The van der Waals surface area contributed by atoms with E-state index in [0.717, 1.165) is 4.68 Å². The van der Waals surface area contributed by atoms with Crippen LogP contribution in [0, 0.1) is 0 Å². The second-order valence-electron chi connectivity index (χ2n) is 3.87. The summed E-state index contributed by atoms with van der Waals surface area (Å²) >= 11 is 0. The van der Waals surface area contributed by atoms with Crippen LogP contribution in [0.3, 0.4) is 0 Å². The molecule has 1 N–H and O–H groups in total. The second kappa shape index (κ2) is 4.05. The molecule has 2 rings (SSSR count). The maximum atomic E-state index is 11.9. The van der Waals surface area contributed by atoms with Crippen LogP contribution in [0.15, 0.2) is 16.9 Å². The van der Waals surface area contributed by atoms with Crippen molar-refractivity contribution in [2.45, 2.75) is 12.5 Å². The van der Waals surface area contributed by atoms with E-state index in [0.29, 0.717) is 19.5 Å². The summed E-state index contributed by atoms with van der Waals surface area (Å²) in [5, 5.41) is 13.2. The molecule has 0 aromatic carbocycles. The molecular formula is C10H13N3O3. The van der Waals surface area contributed by atoms with Gasteiger partial charge in [-0.2, -0.15) is 5.10 Å². The van der Waals surface area contributed by atoms with Crippen molar-refractivity contribution in [3.05, 3.63) is 28.2 Å². The van der Waals surface area contributed by atoms with Gasteiger partial charge in [-0.25, -0.2) is 4.68 Å². The molecule has 0 radical (unpaired) electrons. The third-order valence-electron chi connectivity index (χ3n) is 2.63. The number of carbonyl (C=O) groups excluding carboxylic acids is 1. The molecule has 86 valence electrons. The lowest BCUT2D eigenvalue weighted by atomic mass is 10.3. The minimum Gasteiger partial charge on any atom is -0.391 e. The number of hydrogen-bond acceptors (Lipinski definition) is 4. The molecule has 0 saturated carbocycles. The SMILES string of the molecule is Cn1nc(C(=O)N2CCC(O)C2)ccc1=O. The third kappa shape index (κ3) is 1.96. The van der Waals surface area contributed by atoms with Gasteiger partial charge in [0.2, 0.25) is 0 Å². The summed E-state index contributed by atoms with van der Waals surface area (Å²) in [4.78, 5) is 24.5. The van der Waals surface area contributed by atoms with E-state index in [2.05, 4.69) is 5.10 Å². The van der Waals surface area contributed by atoms with Crippen molar-refractivity contribution >= 4 is 5.91 Å². The second-order valence-corrected chi connectivity index (χ2v) is 3.87. The van der Waals surface area contributed by atoms with Gasteiger partial charge in [0.15, 0.2) is 0 Å². The van der Waals surface area contributed by atoms with Crippen molar-refractivity contribution in [1.82, 2.24) is 14.7 Å². The van der Waals surface area contributed by atoms with Gasteiger partial charge in [0, 0.05) is 26.2 Å². The van der Waals surface area contributed by atoms with Gasteiger partial charge in [0.1, 0.15) is 5.69 Å². The van der Waals surface area contributed by atoms with Crippen LogP contribution in [0.25, 0.3) is 0 Å². The fraction of sp³-hybridized carbons (Fsp3) is 0.500. The Bertz CT molecular complexity index is 469. The molecule has 1 saturated heterocycles. The highest BCUT2D eigenvalue weighted by Gasteiger charge is 2.26. The molecule has 1 unspecified atom stereocenters. The molecule has 1 fully saturated rings. The number of aryl methyl sites for hydroxylation is 1. The Kier molecular flexibility index (Phi) is 2.74. The average molecular weight is 223 g/mol. The zero-order valence-electron chi connectivity index (χ0n) is 8.96. The molecule has 6 heteroatoms. The van der Waals surface area contributed by atoms with Gasteiger partial charge in [0.25, 0.3) is 11.5 Å². The van der Waals surface area contributed by atoms with Crippen LogP contribution in [0.5, 0.6) is 0 Å². The van der Waals surface area contributed by atoms with Gasteiger partial charge < -0.3 is 10.0 Å². The summed E-state index contributed by atoms with van der Waals surface area (Å²) in [6.45, 7) is 0.869. The van der Waals surface area contributed by atoms with E-state index in [-0.39, 0.29) is 17.2 Å². The number of nitrogens with zero attached hydrogens (tertiary/aromatic N) is 3. The smallest absolute Gasteiger partial charge is 0.274 e. The minimum absolute atomic E-state index is 0.233. The van der Waals surface area contributed by atoms with Crippen molar-refractivity contribution in [2.75, 3.05) is 13.1 Å². The molecule has 1 amide bonds. The van der Waals surface area contributed by atoms with Crippen LogP contribution in [0.1, 0.15) is 16.9 Å². The Morgan fingerprint density at radius 2 is 2.31 bits per heavy atom. The van der Waals surface area contributed by atoms with E-state index in [1.807, 2.05) is 0 Å². The molecule has 6 nitrogen and oxygen atoms in total. The number of hydrogen-bond donors (Lipinski definition) is 1. The zero-order chi connectivity index (χ0) is 11.7. The highest BCUT2D eigenvalue weighted by Crippen LogP contribution is 2.11. The van der Waals surface area contributed by atoms with E-state index >= 15 is 0 Å². The van der Waals surface area contributed by atoms with Crippen LogP contribution in [0.2, 0.25) is 0 Å². The summed E-state index contributed by atoms with van der Waals surface area (Å²) in [6, 6.07) is 2.72. The monoisotopic (exact) mass is 223 g/mol. The van der Waals surface area contributed by atoms with Gasteiger partial charge in [-0.3, -0.25) is 9.59 Å². The Morgan fingerprint density at radius 3 is 2.88 bits per heavy atom. The molecule has 0 bridgehead atoms. The minimum atomic E-state index is -0.448. The summed E-state index contributed by atoms with van der Waals surface area (Å²) in [6.07, 6.45) is 0.147. The maximum absolute atomic E-state index is 11.9. The Hall–Kier alpha value is -1.69. The van der Waals surface area contributed by atoms with Gasteiger partial charge in [-0.05, 0) is 12.5 Å². The normalized spacial score (nSPS) is 20.1. The number of rotatable bonds is 1. The lowest BCUT2D eigenvalue weighted by Crippen LogP contribution is -2.32. The highest BCUT2D eigenvalue weighted by atomic mass is 16.3. The average Bonchev–Trinajstić information content (AvgIpc) is 2.68. The predicted molar refractivity (Wildman–Crippen MR) is 56.0 cm³/mol. The number of aliphatic hydroxyl groups excluding tert-OH is 1. The van der Waals surface area contributed by atoms with Crippen LogP contribution in [-0.4, -0.2) is 44.9 Å². The number of aromatic nitrogens is 2. The van der Waals surface area contributed by atoms with E-state index in [1.165, 1.54) is 24.1 Å². The zero-order valence-corrected chi connectivity index (χ0v) is 8.96. The molecule has 1 aromatic heterocycles. The molecule has 16 heavy (non-hydrogen) atoms. The largest absolute Gasteiger partial charge is 0.391 e. The highest BCUT2D eigenvalue weighted by molar-refractivity contribution is 5.92. The number of amides is 1. The number of carbonyl (C=O) groups is 1. The Balaban J connectivity index is 2.21. The summed E-state index contributed by atoms with van der Waals surface area (Å²) < 4.78 is 1.12. The van der Waals surface area contributed by atoms with Crippen molar-refractivity contribution in [2.24, 2.45) is 7.05 Å². The Labute approximate surface area is 92.1 Å². The first-order valence-corrected chi connectivity index (χ1v) is 5.09. The van der Waals surface area contributed by atoms with Crippen molar-refractivity contribution < 1.29 is 9.90 Å². The van der Waals surface area contributed by atoms with Gasteiger partial charge in [-0.1, -0.05) is 0 Å². The number of likely N-dealkylation sites (tertiary alicyclic amines) is 1. The van der Waals surface area contributed by atoms with Crippen molar-refractivity contribution in [3.8, 4) is 0 Å². The molecule has 1 aliphatic rings. The fourth-order valence-electron chi connectivity index (χ4n) is 1.70. The van der Waals surface area contributed by atoms with E-state index < -0.39 is 6.10 Å². The molecular weight excluding hydrogens is 210 g/mol. The molecule has 1 aromatic rings. The summed E-state index contributed by atoms with van der Waals surface area (Å²) in [5.41, 5.74) is -0.0193. The maximum Gasteiger partial charge on any atom is 0.274 e. The van der Waals surface area contributed by atoms with Crippen LogP contribution in [-0.2, 0) is 7.05 Å². The molecule has 0 aliphatic carbocycles. The van der Waals surface area contributed by atoms with Crippen molar-refractivity contribution in [1.29, 1.82) is 0 Å². The summed E-state index contributed by atoms with van der Waals surface area (Å²) in [5.74, 6) is -0.243. The quantitative estimate of drug-likeness (QED) is 0.661. The summed E-state index contributed by atoms with van der Waals surface area (Å²) in [7, 11) is 1.50. The number of aliphatic hydroxyl groups is 1. The van der Waals surface area contributed by atoms with E-state index in [1.54, 1.807) is 0 Å². The number of β-amino-alcohol motifs (C(OH)–C–C–N with tert-alkyl or cyclic N) is 1. The van der Waals surface area contributed by atoms with Crippen molar-refractivity contribution in [3.63, 3.8) is 0 Å². The standard InChI is InChI=1S/C10H13N3O3/c1-12-9(15)3-2-8(11-12)10(16)13-5-4-7(14)6-13/h2-3,7,14H,4-6H2,1H3. The molecule has 2 heterocycles. The third-order valence-corrected chi connectivity index (χ3v) is 2.63. The van der Waals surface area contributed by atoms with Gasteiger partial charge >= 0.3 is 0 Å². The van der Waals surface area contributed by atoms with Gasteiger partial charge in [0.05, 0.1) is 6.10 Å². The van der Waals surface area contributed by atoms with E-state index in [4.69, 9.17) is 0 Å². The first-order valence-electron chi connectivity index (χ1n) is 5.09. The fourth-order valence-corrected chi connectivity index (χ4v) is 1.70.